The zero-order valence-corrected chi connectivity index (χ0v) is 18.9. The first-order valence-electron chi connectivity index (χ1n) is 10.9. The maximum Gasteiger partial charge on any atom is 0.228 e. The number of rotatable bonds is 5. The highest BCUT2D eigenvalue weighted by atomic mass is 32.1. The van der Waals surface area contributed by atoms with Crippen LogP contribution in [0.15, 0.2) is 41.8 Å². The largest absolute Gasteiger partial charge is 0.345 e. The number of nitrogens with zero attached hydrogens (tertiary/aromatic N) is 3. The van der Waals surface area contributed by atoms with Crippen molar-refractivity contribution >= 4 is 29.1 Å². The molecule has 2 fully saturated rings. The van der Waals surface area contributed by atoms with Crippen LogP contribution in [-0.4, -0.2) is 72.2 Å². The zero-order chi connectivity index (χ0) is 22.0. The van der Waals surface area contributed by atoms with Gasteiger partial charge in [-0.15, -0.1) is 11.3 Å². The lowest BCUT2D eigenvalue weighted by Crippen LogP contribution is -2.41. The highest BCUT2D eigenvalue weighted by Crippen LogP contribution is 2.26. The van der Waals surface area contributed by atoms with Gasteiger partial charge in [0.2, 0.25) is 17.7 Å². The van der Waals surface area contributed by atoms with E-state index in [0.29, 0.717) is 39.1 Å². The molecule has 164 valence electrons. The van der Waals surface area contributed by atoms with Crippen LogP contribution in [0.5, 0.6) is 0 Å². The Morgan fingerprint density at radius 2 is 1.87 bits per heavy atom. The van der Waals surface area contributed by atoms with Gasteiger partial charge in [-0.05, 0) is 35.9 Å². The Kier molecular flexibility index (Phi) is 6.41. The summed E-state index contributed by atoms with van der Waals surface area (Å²) in [6.07, 6.45) is 0.874. The minimum Gasteiger partial charge on any atom is -0.345 e. The van der Waals surface area contributed by atoms with E-state index in [2.05, 4.69) is 35.7 Å². The molecular weight excluding hydrogens is 410 g/mol. The summed E-state index contributed by atoms with van der Waals surface area (Å²) >= 11 is 1.71. The van der Waals surface area contributed by atoms with Crippen molar-refractivity contribution in [3.05, 3.63) is 47.3 Å². The van der Waals surface area contributed by atoms with Crippen molar-refractivity contribution in [1.29, 1.82) is 0 Å². The first kappa shape index (κ1) is 21.6. The summed E-state index contributed by atoms with van der Waals surface area (Å²) in [5.74, 6) is -0.441. The van der Waals surface area contributed by atoms with E-state index in [4.69, 9.17) is 0 Å². The number of likely N-dealkylation sites (tertiary alicyclic amines) is 1. The van der Waals surface area contributed by atoms with Crippen molar-refractivity contribution in [3.8, 4) is 10.4 Å². The molecule has 2 atom stereocenters. The maximum absolute atomic E-state index is 13.2. The molecule has 3 amide bonds. The van der Waals surface area contributed by atoms with Gasteiger partial charge in [0.25, 0.3) is 0 Å². The highest BCUT2D eigenvalue weighted by Gasteiger charge is 2.38. The molecule has 0 radical (unpaired) electrons. The number of hydrogen-bond donors (Lipinski definition) is 0. The molecule has 0 bridgehead atoms. The topological polar surface area (TPSA) is 60.9 Å². The molecule has 2 aliphatic heterocycles. The van der Waals surface area contributed by atoms with Crippen LogP contribution in [0.25, 0.3) is 10.4 Å². The van der Waals surface area contributed by atoms with Gasteiger partial charge in [0, 0.05) is 51.1 Å². The molecule has 1 aromatic carbocycles. The summed E-state index contributed by atoms with van der Waals surface area (Å²) in [6, 6.07) is 12.5. The van der Waals surface area contributed by atoms with Crippen molar-refractivity contribution < 1.29 is 14.4 Å². The number of thiophene rings is 1. The Morgan fingerprint density at radius 1 is 1.10 bits per heavy atom. The van der Waals surface area contributed by atoms with Crippen LogP contribution in [0.3, 0.4) is 0 Å². The molecule has 2 aliphatic rings. The van der Waals surface area contributed by atoms with Crippen molar-refractivity contribution in [1.82, 2.24) is 14.7 Å². The van der Waals surface area contributed by atoms with E-state index < -0.39 is 0 Å². The van der Waals surface area contributed by atoms with Gasteiger partial charge >= 0.3 is 0 Å². The number of benzene rings is 1. The Bertz CT molecular complexity index is 941. The fraction of sp³-hybridized carbons (Fsp3) is 0.458. The monoisotopic (exact) mass is 439 g/mol. The van der Waals surface area contributed by atoms with E-state index in [1.54, 1.807) is 23.3 Å². The SMILES string of the molecule is CCN1CCN(C(=O)[C@H]2CC(=O)N(C)C2)C[C@@H](Cc2ccc(-c3cccs3)cc2)C1=O. The molecule has 2 aromatic rings. The van der Waals surface area contributed by atoms with Gasteiger partial charge in [0.1, 0.15) is 0 Å². The molecular formula is C24H29N3O3S. The van der Waals surface area contributed by atoms with Crippen LogP contribution >= 0.6 is 11.3 Å². The number of carbonyl (C=O) groups is 3. The number of likely N-dealkylation sites (N-methyl/N-ethyl adjacent to an activating group) is 1. The summed E-state index contributed by atoms with van der Waals surface area (Å²) in [6.45, 7) is 4.57. The molecule has 0 spiro atoms. The number of hydrogen-bond acceptors (Lipinski definition) is 4. The highest BCUT2D eigenvalue weighted by molar-refractivity contribution is 7.13. The Morgan fingerprint density at radius 3 is 2.48 bits per heavy atom. The van der Waals surface area contributed by atoms with E-state index in [1.807, 2.05) is 22.8 Å². The van der Waals surface area contributed by atoms with Crippen molar-refractivity contribution in [2.24, 2.45) is 11.8 Å². The second kappa shape index (κ2) is 9.22. The molecule has 0 unspecified atom stereocenters. The fourth-order valence-electron chi connectivity index (χ4n) is 4.53. The van der Waals surface area contributed by atoms with Gasteiger partial charge in [-0.25, -0.2) is 0 Å². The Balaban J connectivity index is 1.49. The molecule has 3 heterocycles. The maximum atomic E-state index is 13.2. The minimum absolute atomic E-state index is 0.00139. The van der Waals surface area contributed by atoms with Crippen molar-refractivity contribution in [3.63, 3.8) is 0 Å². The van der Waals surface area contributed by atoms with Crippen LogP contribution in [0.2, 0.25) is 0 Å². The summed E-state index contributed by atoms with van der Waals surface area (Å²) < 4.78 is 0. The number of carbonyl (C=O) groups excluding carboxylic acids is 3. The van der Waals surface area contributed by atoms with Gasteiger partial charge in [0.15, 0.2) is 0 Å². The smallest absolute Gasteiger partial charge is 0.228 e. The lowest BCUT2D eigenvalue weighted by Gasteiger charge is -2.25. The third-order valence-electron chi connectivity index (χ3n) is 6.37. The molecule has 31 heavy (non-hydrogen) atoms. The van der Waals surface area contributed by atoms with E-state index >= 15 is 0 Å². The average molecular weight is 440 g/mol. The quantitative estimate of drug-likeness (QED) is 0.720. The molecule has 6 nitrogen and oxygen atoms in total. The predicted octanol–water partition coefficient (Wildman–Crippen LogP) is 2.74. The molecule has 0 N–H and O–H groups in total. The van der Waals surface area contributed by atoms with Gasteiger partial charge in [-0.2, -0.15) is 0 Å². The summed E-state index contributed by atoms with van der Waals surface area (Å²) in [7, 11) is 1.74. The average Bonchev–Trinajstić information content (AvgIpc) is 3.39. The molecule has 7 heteroatoms. The normalized spacial score (nSPS) is 22.2. The van der Waals surface area contributed by atoms with Crippen molar-refractivity contribution in [2.45, 2.75) is 19.8 Å². The van der Waals surface area contributed by atoms with Crippen LogP contribution in [0.4, 0.5) is 0 Å². The molecule has 2 saturated heterocycles. The van der Waals surface area contributed by atoms with E-state index in [0.717, 1.165) is 5.56 Å². The van der Waals surface area contributed by atoms with Crippen LogP contribution in [-0.2, 0) is 20.8 Å². The first-order valence-corrected chi connectivity index (χ1v) is 11.8. The molecule has 0 aliphatic carbocycles. The van der Waals surface area contributed by atoms with E-state index in [9.17, 15) is 14.4 Å². The summed E-state index contributed by atoms with van der Waals surface area (Å²) in [5, 5.41) is 2.06. The zero-order valence-electron chi connectivity index (χ0n) is 18.1. The van der Waals surface area contributed by atoms with Gasteiger partial charge in [-0.3, -0.25) is 14.4 Å². The lowest BCUT2D eigenvalue weighted by atomic mass is 9.96. The van der Waals surface area contributed by atoms with Crippen molar-refractivity contribution in [2.75, 3.05) is 39.8 Å². The Labute approximate surface area is 187 Å². The molecule has 1 aromatic heterocycles. The van der Waals surface area contributed by atoms with Gasteiger partial charge in [-0.1, -0.05) is 30.3 Å². The predicted molar refractivity (Wildman–Crippen MR) is 122 cm³/mol. The van der Waals surface area contributed by atoms with Crippen LogP contribution in [0, 0.1) is 11.8 Å². The molecule has 4 rings (SSSR count). The second-order valence-corrected chi connectivity index (χ2v) is 9.40. The number of amides is 3. The minimum atomic E-state index is -0.300. The molecule has 0 saturated carbocycles. The van der Waals surface area contributed by atoms with E-state index in [-0.39, 0.29) is 36.0 Å². The summed E-state index contributed by atoms with van der Waals surface area (Å²) in [4.78, 5) is 44.7. The van der Waals surface area contributed by atoms with E-state index in [1.165, 1.54) is 10.4 Å². The van der Waals surface area contributed by atoms with Crippen LogP contribution < -0.4 is 0 Å². The third-order valence-corrected chi connectivity index (χ3v) is 7.29. The van der Waals surface area contributed by atoms with Crippen LogP contribution in [0.1, 0.15) is 18.9 Å². The third kappa shape index (κ3) is 4.66. The summed E-state index contributed by atoms with van der Waals surface area (Å²) in [5.41, 5.74) is 2.27. The van der Waals surface area contributed by atoms with Gasteiger partial charge < -0.3 is 14.7 Å². The first-order chi connectivity index (χ1) is 15.0. The second-order valence-electron chi connectivity index (χ2n) is 8.45. The lowest BCUT2D eigenvalue weighted by molar-refractivity contribution is -0.137. The van der Waals surface area contributed by atoms with Gasteiger partial charge in [0.05, 0.1) is 11.8 Å². The Hall–Kier alpha value is -2.67. The fourth-order valence-corrected chi connectivity index (χ4v) is 5.26. The standard InChI is InChI=1S/C24H29N3O3S/c1-3-26-10-11-27(24(30)20-14-22(28)25(2)15-20)16-19(23(26)29)13-17-6-8-18(9-7-17)21-5-4-12-31-21/h4-9,12,19-20H,3,10-11,13-16H2,1-2H3/t19-,20+/m1/s1.